The summed E-state index contributed by atoms with van der Waals surface area (Å²) in [7, 11) is 3.10. The van der Waals surface area contributed by atoms with Gasteiger partial charge < -0.3 is 14.8 Å². The van der Waals surface area contributed by atoms with E-state index in [9.17, 15) is 10.1 Å². The van der Waals surface area contributed by atoms with Gasteiger partial charge in [-0.3, -0.25) is 10.1 Å². The van der Waals surface area contributed by atoms with E-state index in [0.29, 0.717) is 5.92 Å². The Hall–Kier alpha value is -3.02. The highest BCUT2D eigenvalue weighted by atomic mass is 16.6. The monoisotopic (exact) mass is 352 g/mol. The van der Waals surface area contributed by atoms with Gasteiger partial charge in [-0.25, -0.2) is 0 Å². The van der Waals surface area contributed by atoms with Crippen molar-refractivity contribution in [2.24, 2.45) is 5.92 Å². The lowest BCUT2D eigenvalue weighted by Gasteiger charge is -2.38. The zero-order valence-electron chi connectivity index (χ0n) is 14.6. The van der Waals surface area contributed by atoms with Gasteiger partial charge in [-0.1, -0.05) is 30.4 Å². The molecule has 0 unspecified atom stereocenters. The lowest BCUT2D eigenvalue weighted by Crippen LogP contribution is -2.29. The number of benzene rings is 2. The predicted molar refractivity (Wildman–Crippen MR) is 99.0 cm³/mol. The number of rotatable bonds is 4. The average molecular weight is 352 g/mol. The maximum Gasteiger partial charge on any atom is 0.311 e. The Labute approximate surface area is 151 Å². The summed E-state index contributed by atoms with van der Waals surface area (Å²) in [5.74, 6) is 1.64. The van der Waals surface area contributed by atoms with E-state index in [4.69, 9.17) is 9.47 Å². The second kappa shape index (κ2) is 6.37. The number of nitro groups is 1. The van der Waals surface area contributed by atoms with Gasteiger partial charge in [0.15, 0.2) is 5.75 Å². The number of hydrogen-bond acceptors (Lipinski definition) is 5. The first-order valence-electron chi connectivity index (χ1n) is 8.56. The smallest absolute Gasteiger partial charge is 0.311 e. The lowest BCUT2D eigenvalue weighted by atomic mass is 9.77. The Bertz CT molecular complexity index is 893. The minimum atomic E-state index is -0.399. The van der Waals surface area contributed by atoms with Gasteiger partial charge in [0.2, 0.25) is 0 Å². The third-order valence-electron chi connectivity index (χ3n) is 5.34. The van der Waals surface area contributed by atoms with E-state index in [-0.39, 0.29) is 23.4 Å². The van der Waals surface area contributed by atoms with Crippen molar-refractivity contribution in [2.75, 3.05) is 19.5 Å². The molecule has 0 aromatic heterocycles. The van der Waals surface area contributed by atoms with Gasteiger partial charge in [-0.15, -0.1) is 0 Å². The molecule has 0 bridgehead atoms. The fourth-order valence-corrected chi connectivity index (χ4v) is 4.14. The van der Waals surface area contributed by atoms with Crippen LogP contribution in [0.15, 0.2) is 48.6 Å². The molecule has 26 heavy (non-hydrogen) atoms. The molecule has 0 spiro atoms. The Morgan fingerprint density at radius 3 is 2.69 bits per heavy atom. The molecule has 1 N–H and O–H groups in total. The zero-order valence-corrected chi connectivity index (χ0v) is 14.6. The molecular weight excluding hydrogens is 332 g/mol. The summed E-state index contributed by atoms with van der Waals surface area (Å²) in [5.41, 5.74) is 3.04. The van der Waals surface area contributed by atoms with Gasteiger partial charge in [0.05, 0.1) is 30.9 Å². The van der Waals surface area contributed by atoms with E-state index in [2.05, 4.69) is 23.5 Å². The van der Waals surface area contributed by atoms with Crippen molar-refractivity contribution in [1.82, 2.24) is 0 Å². The van der Waals surface area contributed by atoms with Gasteiger partial charge in [0, 0.05) is 12.0 Å². The summed E-state index contributed by atoms with van der Waals surface area (Å²) < 4.78 is 10.7. The highest BCUT2D eigenvalue weighted by Crippen LogP contribution is 2.52. The van der Waals surface area contributed by atoms with Crippen LogP contribution in [0.3, 0.4) is 0 Å². The van der Waals surface area contributed by atoms with Crippen LogP contribution in [0, 0.1) is 16.0 Å². The van der Waals surface area contributed by atoms with Crippen molar-refractivity contribution in [3.05, 3.63) is 69.8 Å². The van der Waals surface area contributed by atoms with Gasteiger partial charge in [-0.2, -0.15) is 0 Å². The zero-order chi connectivity index (χ0) is 18.3. The Balaban J connectivity index is 1.80. The second-order valence-corrected chi connectivity index (χ2v) is 6.59. The molecule has 0 radical (unpaired) electrons. The summed E-state index contributed by atoms with van der Waals surface area (Å²) >= 11 is 0. The van der Waals surface area contributed by atoms with Crippen molar-refractivity contribution < 1.29 is 14.4 Å². The summed E-state index contributed by atoms with van der Waals surface area (Å²) in [4.78, 5) is 11.0. The molecule has 4 rings (SSSR count). The molecule has 0 fully saturated rings. The maximum atomic E-state index is 11.4. The molecule has 2 aliphatic rings. The van der Waals surface area contributed by atoms with Crippen molar-refractivity contribution >= 4 is 11.4 Å². The molecule has 0 saturated carbocycles. The highest BCUT2D eigenvalue weighted by Gasteiger charge is 2.39. The summed E-state index contributed by atoms with van der Waals surface area (Å²) in [6.45, 7) is 0. The summed E-state index contributed by atoms with van der Waals surface area (Å²) in [5, 5.41) is 15.0. The molecule has 6 heteroatoms. The first-order valence-corrected chi connectivity index (χ1v) is 8.56. The molecular formula is C20H20N2O4. The number of hydrogen-bond donors (Lipinski definition) is 1. The van der Waals surface area contributed by atoms with Gasteiger partial charge >= 0.3 is 5.69 Å². The lowest BCUT2D eigenvalue weighted by molar-refractivity contribution is -0.385. The topological polar surface area (TPSA) is 73.6 Å². The van der Waals surface area contributed by atoms with Crippen molar-refractivity contribution in [3.63, 3.8) is 0 Å². The van der Waals surface area contributed by atoms with Crippen LogP contribution in [-0.4, -0.2) is 19.1 Å². The molecule has 134 valence electrons. The SMILES string of the molecule is COc1ccc([C@H]2Nc3c(OC)cccc3[C@H]3C=CC[C@H]32)cc1[N+](=O)[O-]. The largest absolute Gasteiger partial charge is 0.495 e. The molecule has 0 saturated heterocycles. The number of ether oxygens (including phenoxy) is 2. The van der Waals surface area contributed by atoms with Gasteiger partial charge in [0.25, 0.3) is 0 Å². The van der Waals surface area contributed by atoms with E-state index in [0.717, 1.165) is 23.4 Å². The van der Waals surface area contributed by atoms with Crippen LogP contribution in [-0.2, 0) is 0 Å². The number of nitrogens with one attached hydrogen (secondary N) is 1. The number of anilines is 1. The maximum absolute atomic E-state index is 11.4. The first kappa shape index (κ1) is 16.4. The Morgan fingerprint density at radius 2 is 1.96 bits per heavy atom. The fourth-order valence-electron chi connectivity index (χ4n) is 4.14. The van der Waals surface area contributed by atoms with Crippen LogP contribution in [0.5, 0.6) is 11.5 Å². The van der Waals surface area contributed by atoms with E-state index in [1.807, 2.05) is 18.2 Å². The van der Waals surface area contributed by atoms with E-state index < -0.39 is 4.92 Å². The molecule has 2 aromatic rings. The van der Waals surface area contributed by atoms with Crippen molar-refractivity contribution in [2.45, 2.75) is 18.4 Å². The predicted octanol–water partition coefficient (Wildman–Crippen LogP) is 4.44. The second-order valence-electron chi connectivity index (χ2n) is 6.59. The average Bonchev–Trinajstić information content (AvgIpc) is 3.16. The van der Waals surface area contributed by atoms with Crippen LogP contribution in [0.4, 0.5) is 11.4 Å². The number of para-hydroxylation sites is 1. The number of allylic oxidation sites excluding steroid dienone is 2. The Morgan fingerprint density at radius 1 is 1.15 bits per heavy atom. The molecule has 0 amide bonds. The number of nitro benzene ring substituents is 1. The number of methoxy groups -OCH3 is 2. The third-order valence-corrected chi connectivity index (χ3v) is 5.34. The number of nitrogens with zero attached hydrogens (tertiary/aromatic N) is 1. The minimum absolute atomic E-state index is 0.0138. The summed E-state index contributed by atoms with van der Waals surface area (Å²) in [6.07, 6.45) is 5.35. The van der Waals surface area contributed by atoms with Crippen LogP contribution >= 0.6 is 0 Å². The Kier molecular flexibility index (Phi) is 4.03. The normalized spacial score (nSPS) is 22.9. The van der Waals surface area contributed by atoms with Crippen LogP contribution in [0.25, 0.3) is 0 Å². The minimum Gasteiger partial charge on any atom is -0.495 e. The van der Waals surface area contributed by atoms with Crippen LogP contribution in [0.1, 0.15) is 29.5 Å². The first-order chi connectivity index (χ1) is 12.6. The van der Waals surface area contributed by atoms with Gasteiger partial charge in [0.1, 0.15) is 5.75 Å². The quantitative estimate of drug-likeness (QED) is 0.500. The van der Waals surface area contributed by atoms with Crippen molar-refractivity contribution in [1.29, 1.82) is 0 Å². The third kappa shape index (κ3) is 2.49. The van der Waals surface area contributed by atoms with E-state index in [1.54, 1.807) is 19.2 Å². The molecule has 1 aliphatic carbocycles. The molecule has 2 aromatic carbocycles. The molecule has 6 nitrogen and oxygen atoms in total. The highest BCUT2D eigenvalue weighted by molar-refractivity contribution is 5.68. The standard InChI is InChI=1S/C20H20N2O4/c1-25-17-10-9-12(11-16(17)22(23)24)19-14-6-3-5-13(14)15-7-4-8-18(26-2)20(15)21-19/h3-5,7-11,13-14,19,21H,6H2,1-2H3/t13-,14+,19+/m0/s1. The summed E-state index contributed by atoms with van der Waals surface area (Å²) in [6, 6.07) is 11.2. The van der Waals surface area contributed by atoms with Crippen molar-refractivity contribution in [3.8, 4) is 11.5 Å². The molecule has 1 aliphatic heterocycles. The molecule has 1 heterocycles. The van der Waals surface area contributed by atoms with E-state index >= 15 is 0 Å². The fraction of sp³-hybridized carbons (Fsp3) is 0.300. The van der Waals surface area contributed by atoms with Gasteiger partial charge in [-0.05, 0) is 35.6 Å². The molecule has 3 atom stereocenters. The van der Waals surface area contributed by atoms with E-state index in [1.165, 1.54) is 12.7 Å². The number of fused-ring (bicyclic) bond motifs is 3. The van der Waals surface area contributed by atoms with Crippen LogP contribution in [0.2, 0.25) is 0 Å². The van der Waals surface area contributed by atoms with Crippen LogP contribution < -0.4 is 14.8 Å².